The number of hydrogen-bond acceptors (Lipinski definition) is 4. The summed E-state index contributed by atoms with van der Waals surface area (Å²) in [5.41, 5.74) is 5.60. The number of ketones is 1. The van der Waals surface area contributed by atoms with Gasteiger partial charge in [-0.1, -0.05) is 15.9 Å². The smallest absolute Gasteiger partial charge is 0.326 e. The van der Waals surface area contributed by atoms with E-state index in [0.29, 0.717) is 19.3 Å². The molecule has 106 valence electrons. The molecule has 3 N–H and O–H groups in total. The Morgan fingerprint density at radius 3 is 2.68 bits per heavy atom. The Labute approximate surface area is 119 Å². The van der Waals surface area contributed by atoms with Gasteiger partial charge in [0.05, 0.1) is 16.9 Å². The molecule has 1 amide bonds. The maximum Gasteiger partial charge on any atom is 0.326 e. The minimum atomic E-state index is -1.03. The monoisotopic (exact) mass is 332 g/mol. The van der Waals surface area contributed by atoms with Gasteiger partial charge in [-0.3, -0.25) is 9.59 Å². The average Bonchev–Trinajstić information content (AvgIpc) is 2.73. The largest absolute Gasteiger partial charge is 0.480 e. The molecule has 5 atom stereocenters. The van der Waals surface area contributed by atoms with Gasteiger partial charge >= 0.3 is 5.97 Å². The molecule has 0 spiro atoms. The van der Waals surface area contributed by atoms with E-state index in [1.54, 1.807) is 0 Å². The summed E-state index contributed by atoms with van der Waals surface area (Å²) in [6, 6.07) is -2.03. The highest BCUT2D eigenvalue weighted by atomic mass is 79.9. The molecule has 1 saturated heterocycles. The Hall–Kier alpha value is -0.950. The number of carbonyl (C=O) groups is 3. The maximum atomic E-state index is 12.2. The third-order valence-corrected chi connectivity index (χ3v) is 5.02. The molecule has 0 bridgehead atoms. The third kappa shape index (κ3) is 2.41. The normalized spacial score (nSPS) is 35.9. The second-order valence-electron chi connectivity index (χ2n) is 5.28. The molecule has 1 aliphatic carbocycles. The van der Waals surface area contributed by atoms with Crippen LogP contribution in [0.25, 0.3) is 0 Å². The number of alkyl halides is 1. The molecular weight excluding hydrogens is 316 g/mol. The molecule has 2 aliphatic rings. The summed E-state index contributed by atoms with van der Waals surface area (Å²) >= 11 is 3.32. The first-order valence-corrected chi connectivity index (χ1v) is 7.23. The second kappa shape index (κ2) is 5.20. The summed E-state index contributed by atoms with van der Waals surface area (Å²) < 4.78 is 0. The topological polar surface area (TPSA) is 101 Å². The van der Waals surface area contributed by atoms with Gasteiger partial charge in [-0.15, -0.1) is 0 Å². The van der Waals surface area contributed by atoms with Gasteiger partial charge in [0, 0.05) is 6.42 Å². The predicted octanol–water partition coefficient (Wildman–Crippen LogP) is 0.130. The van der Waals surface area contributed by atoms with Gasteiger partial charge in [-0.2, -0.15) is 0 Å². The van der Waals surface area contributed by atoms with Gasteiger partial charge < -0.3 is 15.7 Å². The lowest BCUT2D eigenvalue weighted by Gasteiger charge is -2.36. The van der Waals surface area contributed by atoms with Crippen LogP contribution < -0.4 is 5.73 Å². The Bertz CT molecular complexity index is 426. The van der Waals surface area contributed by atoms with Crippen molar-refractivity contribution in [1.82, 2.24) is 4.90 Å². The summed E-state index contributed by atoms with van der Waals surface area (Å²) in [5.74, 6) is -1.37. The molecule has 0 aromatic carbocycles. The highest BCUT2D eigenvalue weighted by molar-refractivity contribution is 9.10. The lowest BCUT2D eigenvalue weighted by atomic mass is 9.84. The first-order chi connectivity index (χ1) is 8.84. The highest BCUT2D eigenvalue weighted by Crippen LogP contribution is 2.41. The van der Waals surface area contributed by atoms with Crippen LogP contribution in [-0.2, 0) is 14.4 Å². The van der Waals surface area contributed by atoms with Crippen LogP contribution in [0, 0.1) is 5.92 Å². The first kappa shape index (κ1) is 14.5. The van der Waals surface area contributed by atoms with Crippen molar-refractivity contribution in [2.75, 3.05) is 0 Å². The van der Waals surface area contributed by atoms with E-state index < -0.39 is 28.8 Å². The summed E-state index contributed by atoms with van der Waals surface area (Å²) in [6.45, 7) is 1.53. The van der Waals surface area contributed by atoms with Crippen LogP contribution in [0.3, 0.4) is 0 Å². The number of hydrogen-bond donors (Lipinski definition) is 2. The SMILES string of the molecule is C[C@@H](N)C(=O)N1[C@H](C(=O)O)C[C@@H]2CCC(=O)C(Br)[C@@H]21. The molecule has 2 fully saturated rings. The van der Waals surface area contributed by atoms with Gasteiger partial charge in [0.15, 0.2) is 0 Å². The summed E-state index contributed by atoms with van der Waals surface area (Å²) in [5, 5.41) is 9.28. The molecule has 1 heterocycles. The molecule has 19 heavy (non-hydrogen) atoms. The summed E-state index contributed by atoms with van der Waals surface area (Å²) in [6.07, 6.45) is 1.47. The zero-order valence-corrected chi connectivity index (χ0v) is 12.2. The van der Waals surface area contributed by atoms with Crippen LogP contribution in [0.5, 0.6) is 0 Å². The van der Waals surface area contributed by atoms with E-state index in [-0.39, 0.29) is 17.7 Å². The number of nitrogens with two attached hydrogens (primary N) is 1. The zero-order valence-electron chi connectivity index (χ0n) is 10.6. The van der Waals surface area contributed by atoms with Crippen molar-refractivity contribution >= 4 is 33.6 Å². The van der Waals surface area contributed by atoms with Gasteiger partial charge in [-0.25, -0.2) is 4.79 Å². The van der Waals surface area contributed by atoms with Crippen molar-refractivity contribution in [3.63, 3.8) is 0 Å². The van der Waals surface area contributed by atoms with E-state index in [1.807, 2.05) is 0 Å². The zero-order chi connectivity index (χ0) is 14.3. The lowest BCUT2D eigenvalue weighted by molar-refractivity contribution is -0.150. The van der Waals surface area contributed by atoms with E-state index in [2.05, 4.69) is 15.9 Å². The van der Waals surface area contributed by atoms with Crippen LogP contribution in [0.15, 0.2) is 0 Å². The lowest BCUT2D eigenvalue weighted by Crippen LogP contribution is -2.55. The molecule has 6 nitrogen and oxygen atoms in total. The van der Waals surface area contributed by atoms with Crippen LogP contribution in [0.2, 0.25) is 0 Å². The number of fused-ring (bicyclic) bond motifs is 1. The van der Waals surface area contributed by atoms with Gasteiger partial charge in [0.1, 0.15) is 11.8 Å². The van der Waals surface area contributed by atoms with E-state index in [0.717, 1.165) is 0 Å². The second-order valence-corrected chi connectivity index (χ2v) is 6.27. The number of carboxylic acid groups (broad SMARTS) is 1. The Morgan fingerprint density at radius 2 is 2.16 bits per heavy atom. The minimum absolute atomic E-state index is 0.0229. The number of nitrogens with zero attached hydrogens (tertiary/aromatic N) is 1. The van der Waals surface area contributed by atoms with E-state index >= 15 is 0 Å². The quantitative estimate of drug-likeness (QED) is 0.700. The summed E-state index contributed by atoms with van der Waals surface area (Å²) in [4.78, 5) is 36.1. The molecule has 1 saturated carbocycles. The average molecular weight is 333 g/mol. The number of rotatable bonds is 2. The van der Waals surface area contributed by atoms with Gasteiger partial charge in [0.25, 0.3) is 0 Å². The fourth-order valence-electron chi connectivity index (χ4n) is 3.05. The van der Waals surface area contributed by atoms with Crippen LogP contribution in [0.1, 0.15) is 26.2 Å². The van der Waals surface area contributed by atoms with Crippen molar-refractivity contribution in [2.45, 2.75) is 49.1 Å². The highest BCUT2D eigenvalue weighted by Gasteiger charge is 2.53. The number of carboxylic acids is 1. The molecular formula is C12H17BrN2O4. The standard InChI is InChI=1S/C12H17BrN2O4/c1-5(14)11(17)15-7(12(18)19)4-6-2-3-8(16)9(13)10(6)15/h5-7,9-10H,2-4,14H2,1H3,(H,18,19)/t5-,6+,7+,9?,10-/m1/s1. The maximum absolute atomic E-state index is 12.2. The fourth-order valence-corrected chi connectivity index (χ4v) is 3.97. The molecule has 0 aromatic heterocycles. The van der Waals surface area contributed by atoms with Crippen molar-refractivity contribution in [3.05, 3.63) is 0 Å². The Kier molecular flexibility index (Phi) is 3.96. The van der Waals surface area contributed by atoms with Crippen LogP contribution in [0.4, 0.5) is 0 Å². The predicted molar refractivity (Wildman–Crippen MR) is 70.8 cm³/mol. The van der Waals surface area contributed by atoms with Crippen LogP contribution in [-0.4, -0.2) is 50.6 Å². The molecule has 7 heteroatoms. The number of amides is 1. The molecule has 1 aliphatic heterocycles. The molecule has 0 radical (unpaired) electrons. The van der Waals surface area contributed by atoms with Crippen molar-refractivity contribution in [2.24, 2.45) is 11.7 Å². The van der Waals surface area contributed by atoms with E-state index in [9.17, 15) is 19.5 Å². The molecule has 1 unspecified atom stereocenters. The van der Waals surface area contributed by atoms with Gasteiger partial charge in [-0.05, 0) is 25.7 Å². The van der Waals surface area contributed by atoms with Crippen molar-refractivity contribution in [1.29, 1.82) is 0 Å². The number of likely N-dealkylation sites (tertiary alicyclic amines) is 1. The fraction of sp³-hybridized carbons (Fsp3) is 0.750. The summed E-state index contributed by atoms with van der Waals surface area (Å²) in [7, 11) is 0. The minimum Gasteiger partial charge on any atom is -0.480 e. The molecule has 0 aromatic rings. The molecule has 2 rings (SSSR count). The number of carbonyl (C=O) groups excluding carboxylic acids is 2. The van der Waals surface area contributed by atoms with Crippen molar-refractivity contribution < 1.29 is 19.5 Å². The Balaban J connectivity index is 2.35. The van der Waals surface area contributed by atoms with Gasteiger partial charge in [0.2, 0.25) is 5.91 Å². The third-order valence-electron chi connectivity index (χ3n) is 3.96. The van der Waals surface area contributed by atoms with Crippen molar-refractivity contribution in [3.8, 4) is 0 Å². The van der Waals surface area contributed by atoms with E-state index in [1.165, 1.54) is 11.8 Å². The van der Waals surface area contributed by atoms with E-state index in [4.69, 9.17) is 5.73 Å². The first-order valence-electron chi connectivity index (χ1n) is 6.32. The number of aliphatic carboxylic acids is 1. The Morgan fingerprint density at radius 1 is 1.53 bits per heavy atom. The number of Topliss-reactive ketones (excluding diaryl/α,β-unsaturated/α-hetero) is 1. The number of halogens is 1. The van der Waals surface area contributed by atoms with Crippen LogP contribution >= 0.6 is 15.9 Å².